The van der Waals surface area contributed by atoms with Crippen LogP contribution in [0.15, 0.2) is 36.4 Å². The fourth-order valence-electron chi connectivity index (χ4n) is 1.72. The lowest BCUT2D eigenvalue weighted by Gasteiger charge is -2.07. The van der Waals surface area contributed by atoms with E-state index in [1.165, 1.54) is 19.2 Å². The van der Waals surface area contributed by atoms with Gasteiger partial charge in [0.25, 0.3) is 5.69 Å². The van der Waals surface area contributed by atoms with Crippen molar-refractivity contribution in [3.8, 4) is 16.9 Å². The normalized spacial score (nSPS) is 10.3. The van der Waals surface area contributed by atoms with E-state index in [1.54, 1.807) is 0 Å². The minimum absolute atomic E-state index is 0.0782. The van der Waals surface area contributed by atoms with Crippen molar-refractivity contribution in [2.45, 2.75) is 0 Å². The molecule has 0 aliphatic carbocycles. The van der Waals surface area contributed by atoms with E-state index in [2.05, 4.69) is 0 Å². The molecule has 0 bridgehead atoms. The van der Waals surface area contributed by atoms with Gasteiger partial charge in [-0.05, 0) is 30.3 Å². The number of hydrogen-bond donors (Lipinski definition) is 0. The van der Waals surface area contributed by atoms with E-state index in [-0.39, 0.29) is 16.8 Å². The van der Waals surface area contributed by atoms with E-state index in [0.29, 0.717) is 5.75 Å². The SMILES string of the molecule is COc1ccc(F)c(-c2cc(F)ccc2[N+](=O)[O-])c1. The maximum atomic E-state index is 13.8. The Kier molecular flexibility index (Phi) is 3.41. The van der Waals surface area contributed by atoms with Crippen LogP contribution < -0.4 is 4.74 Å². The van der Waals surface area contributed by atoms with Crippen LogP contribution in [0.5, 0.6) is 5.75 Å². The van der Waals surface area contributed by atoms with E-state index in [9.17, 15) is 18.9 Å². The molecule has 0 fully saturated rings. The summed E-state index contributed by atoms with van der Waals surface area (Å²) in [6.07, 6.45) is 0. The largest absolute Gasteiger partial charge is 0.497 e. The van der Waals surface area contributed by atoms with Gasteiger partial charge in [0.2, 0.25) is 0 Å². The molecule has 0 atom stereocenters. The number of nitro benzene ring substituents is 1. The second-order valence-electron chi connectivity index (χ2n) is 3.76. The summed E-state index contributed by atoms with van der Waals surface area (Å²) in [4.78, 5) is 10.2. The molecular weight excluding hydrogens is 256 g/mol. The highest BCUT2D eigenvalue weighted by Crippen LogP contribution is 2.34. The topological polar surface area (TPSA) is 52.4 Å². The summed E-state index contributed by atoms with van der Waals surface area (Å²) in [5.41, 5.74) is -0.569. The van der Waals surface area contributed by atoms with Gasteiger partial charge in [0, 0.05) is 11.6 Å². The second-order valence-corrected chi connectivity index (χ2v) is 3.76. The first-order valence-corrected chi connectivity index (χ1v) is 5.31. The molecule has 2 aromatic carbocycles. The Morgan fingerprint density at radius 2 is 1.84 bits per heavy atom. The molecule has 0 N–H and O–H groups in total. The molecule has 0 amide bonds. The van der Waals surface area contributed by atoms with E-state index >= 15 is 0 Å². The number of nitrogens with zero attached hydrogens (tertiary/aromatic N) is 1. The molecule has 0 saturated heterocycles. The molecule has 0 spiro atoms. The van der Waals surface area contributed by atoms with E-state index in [0.717, 1.165) is 24.3 Å². The zero-order valence-corrected chi connectivity index (χ0v) is 9.89. The van der Waals surface area contributed by atoms with Crippen LogP contribution in [0.4, 0.5) is 14.5 Å². The molecule has 0 saturated carbocycles. The van der Waals surface area contributed by atoms with Crippen molar-refractivity contribution in [1.82, 2.24) is 0 Å². The van der Waals surface area contributed by atoms with Crippen LogP contribution in [-0.4, -0.2) is 12.0 Å². The fraction of sp³-hybridized carbons (Fsp3) is 0.0769. The molecule has 0 aliphatic rings. The Hall–Kier alpha value is -2.50. The Bertz CT molecular complexity index is 644. The van der Waals surface area contributed by atoms with Gasteiger partial charge >= 0.3 is 0 Å². The van der Waals surface area contributed by atoms with E-state index in [1.807, 2.05) is 0 Å². The number of nitro groups is 1. The molecule has 98 valence electrons. The molecule has 0 aromatic heterocycles. The highest BCUT2D eigenvalue weighted by atomic mass is 19.1. The van der Waals surface area contributed by atoms with Gasteiger partial charge in [0.05, 0.1) is 17.6 Å². The Morgan fingerprint density at radius 3 is 2.47 bits per heavy atom. The van der Waals surface area contributed by atoms with Crippen molar-refractivity contribution in [1.29, 1.82) is 0 Å². The van der Waals surface area contributed by atoms with Crippen molar-refractivity contribution in [2.75, 3.05) is 7.11 Å². The first kappa shape index (κ1) is 12.9. The number of hydrogen-bond acceptors (Lipinski definition) is 3. The molecule has 4 nitrogen and oxygen atoms in total. The standard InChI is InChI=1S/C13H9F2NO3/c1-19-9-3-4-12(15)10(7-9)11-6-8(14)2-5-13(11)16(17)18/h2-7H,1H3. The fourth-order valence-corrected chi connectivity index (χ4v) is 1.72. The summed E-state index contributed by atoms with van der Waals surface area (Å²) in [6, 6.07) is 6.67. The first-order chi connectivity index (χ1) is 9.02. The number of ether oxygens (including phenoxy) is 1. The molecule has 0 radical (unpaired) electrons. The lowest BCUT2D eigenvalue weighted by Crippen LogP contribution is -1.95. The molecule has 0 aliphatic heterocycles. The van der Waals surface area contributed by atoms with Crippen molar-refractivity contribution in [2.24, 2.45) is 0 Å². The third kappa shape index (κ3) is 2.52. The Labute approximate surface area is 107 Å². The van der Waals surface area contributed by atoms with Gasteiger partial charge in [0.15, 0.2) is 0 Å². The zero-order valence-electron chi connectivity index (χ0n) is 9.89. The van der Waals surface area contributed by atoms with E-state index < -0.39 is 16.6 Å². The molecule has 0 unspecified atom stereocenters. The molecular formula is C13H9F2NO3. The minimum Gasteiger partial charge on any atom is -0.497 e. The summed E-state index contributed by atoms with van der Waals surface area (Å²) in [5, 5.41) is 10.9. The van der Waals surface area contributed by atoms with Crippen molar-refractivity contribution >= 4 is 5.69 Å². The second kappa shape index (κ2) is 5.01. The van der Waals surface area contributed by atoms with Gasteiger partial charge in [0.1, 0.15) is 17.4 Å². The van der Waals surface area contributed by atoms with Gasteiger partial charge in [-0.15, -0.1) is 0 Å². The zero-order chi connectivity index (χ0) is 14.0. The number of rotatable bonds is 3. The summed E-state index contributed by atoms with van der Waals surface area (Å²) in [7, 11) is 1.39. The lowest BCUT2D eigenvalue weighted by molar-refractivity contribution is -0.384. The average Bonchev–Trinajstić information content (AvgIpc) is 2.38. The summed E-state index contributed by atoms with van der Waals surface area (Å²) < 4.78 is 31.9. The summed E-state index contributed by atoms with van der Waals surface area (Å²) >= 11 is 0. The first-order valence-electron chi connectivity index (χ1n) is 5.31. The maximum Gasteiger partial charge on any atom is 0.277 e. The molecule has 0 heterocycles. The molecule has 6 heteroatoms. The van der Waals surface area contributed by atoms with Crippen LogP contribution in [0.3, 0.4) is 0 Å². The Morgan fingerprint density at radius 1 is 1.11 bits per heavy atom. The quantitative estimate of drug-likeness (QED) is 0.630. The van der Waals surface area contributed by atoms with Crippen molar-refractivity contribution in [3.05, 3.63) is 58.1 Å². The van der Waals surface area contributed by atoms with Gasteiger partial charge in [-0.3, -0.25) is 10.1 Å². The summed E-state index contributed by atoms with van der Waals surface area (Å²) in [6.45, 7) is 0. The molecule has 2 aromatic rings. The number of halogens is 2. The third-order valence-corrected chi connectivity index (χ3v) is 2.62. The minimum atomic E-state index is -0.687. The van der Waals surface area contributed by atoms with Crippen LogP contribution in [0.2, 0.25) is 0 Å². The van der Waals surface area contributed by atoms with Gasteiger partial charge in [-0.25, -0.2) is 8.78 Å². The maximum absolute atomic E-state index is 13.8. The van der Waals surface area contributed by atoms with Crippen molar-refractivity contribution < 1.29 is 18.4 Å². The van der Waals surface area contributed by atoms with Crippen LogP contribution in [-0.2, 0) is 0 Å². The van der Waals surface area contributed by atoms with Gasteiger partial charge in [-0.1, -0.05) is 0 Å². The van der Waals surface area contributed by atoms with Crippen LogP contribution >= 0.6 is 0 Å². The van der Waals surface area contributed by atoms with Gasteiger partial charge in [-0.2, -0.15) is 0 Å². The number of methoxy groups -OCH3 is 1. The molecule has 19 heavy (non-hydrogen) atoms. The van der Waals surface area contributed by atoms with Gasteiger partial charge < -0.3 is 4.74 Å². The third-order valence-electron chi connectivity index (χ3n) is 2.62. The monoisotopic (exact) mass is 265 g/mol. The highest BCUT2D eigenvalue weighted by molar-refractivity contribution is 5.75. The van der Waals surface area contributed by atoms with Crippen LogP contribution in [0, 0.1) is 21.7 Å². The molecule has 2 rings (SSSR count). The predicted octanol–water partition coefficient (Wildman–Crippen LogP) is 3.55. The summed E-state index contributed by atoms with van der Waals surface area (Å²) in [5.74, 6) is -1.03. The average molecular weight is 265 g/mol. The van der Waals surface area contributed by atoms with Crippen LogP contribution in [0.1, 0.15) is 0 Å². The number of benzene rings is 2. The van der Waals surface area contributed by atoms with Crippen LogP contribution in [0.25, 0.3) is 11.1 Å². The lowest BCUT2D eigenvalue weighted by atomic mass is 10.0. The smallest absolute Gasteiger partial charge is 0.277 e. The van der Waals surface area contributed by atoms with Crippen molar-refractivity contribution in [3.63, 3.8) is 0 Å². The Balaban J connectivity index is 2.70. The highest BCUT2D eigenvalue weighted by Gasteiger charge is 2.19. The predicted molar refractivity (Wildman–Crippen MR) is 65.0 cm³/mol. The van der Waals surface area contributed by atoms with E-state index in [4.69, 9.17) is 4.74 Å².